The molecule has 2 aromatic rings. The Morgan fingerprint density at radius 3 is 3.06 bits per heavy atom. The van der Waals surface area contributed by atoms with Crippen molar-refractivity contribution >= 4 is 0 Å². The number of imidazole rings is 1. The molecule has 1 aromatic heterocycles. The second-order valence-electron chi connectivity index (χ2n) is 4.84. The number of hydrogen-bond donors (Lipinski definition) is 2. The number of aromatic amines is 1. The summed E-state index contributed by atoms with van der Waals surface area (Å²) in [4.78, 5) is 7.12. The van der Waals surface area contributed by atoms with Crippen molar-refractivity contribution in [2.24, 2.45) is 0 Å². The Morgan fingerprint density at radius 1 is 1.50 bits per heavy atom. The fourth-order valence-corrected chi connectivity index (χ4v) is 2.77. The predicted molar refractivity (Wildman–Crippen MR) is 65.8 cm³/mol. The van der Waals surface area contributed by atoms with Gasteiger partial charge in [0.05, 0.1) is 18.1 Å². The molecular formula is C14H15FN2O. The van der Waals surface area contributed by atoms with E-state index in [9.17, 15) is 9.50 Å². The zero-order chi connectivity index (χ0) is 12.7. The molecule has 1 aromatic carbocycles. The first-order valence-corrected chi connectivity index (χ1v) is 6.15. The molecule has 18 heavy (non-hydrogen) atoms. The van der Waals surface area contributed by atoms with Gasteiger partial charge in [0.1, 0.15) is 5.82 Å². The highest BCUT2D eigenvalue weighted by Crippen LogP contribution is 2.38. The number of aliphatic hydroxyl groups is 1. The highest BCUT2D eigenvalue weighted by molar-refractivity contribution is 5.44. The second-order valence-corrected chi connectivity index (χ2v) is 4.84. The van der Waals surface area contributed by atoms with Crippen LogP contribution in [0.4, 0.5) is 4.39 Å². The molecule has 1 aliphatic rings. The minimum atomic E-state index is -0.475. The number of hydrogen-bond acceptors (Lipinski definition) is 2. The van der Waals surface area contributed by atoms with Gasteiger partial charge in [-0.1, -0.05) is 6.92 Å². The van der Waals surface area contributed by atoms with Gasteiger partial charge >= 0.3 is 0 Å². The molecule has 0 saturated carbocycles. The number of nitrogens with zero attached hydrogens (tertiary/aromatic N) is 1. The lowest BCUT2D eigenvalue weighted by atomic mass is 9.90. The molecule has 4 heteroatoms. The van der Waals surface area contributed by atoms with E-state index < -0.39 is 6.10 Å². The van der Waals surface area contributed by atoms with Crippen LogP contribution in [-0.2, 0) is 6.42 Å². The first-order valence-electron chi connectivity index (χ1n) is 6.15. The van der Waals surface area contributed by atoms with Crippen LogP contribution >= 0.6 is 0 Å². The number of aliphatic hydroxyl groups excluding tert-OH is 1. The Balaban J connectivity index is 2.12. The fourth-order valence-electron chi connectivity index (χ4n) is 2.77. The summed E-state index contributed by atoms with van der Waals surface area (Å²) in [5.74, 6) is -0.256. The minimum Gasteiger partial charge on any atom is -0.388 e. The third-order valence-electron chi connectivity index (χ3n) is 3.71. The van der Waals surface area contributed by atoms with E-state index >= 15 is 0 Å². The summed E-state index contributed by atoms with van der Waals surface area (Å²) < 4.78 is 13.6. The molecular weight excluding hydrogens is 231 g/mol. The van der Waals surface area contributed by atoms with E-state index in [0.717, 1.165) is 28.8 Å². The molecule has 0 amide bonds. The third kappa shape index (κ3) is 1.73. The lowest BCUT2D eigenvalue weighted by Gasteiger charge is -2.17. The molecule has 0 bridgehead atoms. The van der Waals surface area contributed by atoms with E-state index in [-0.39, 0.29) is 11.7 Å². The molecule has 0 spiro atoms. The van der Waals surface area contributed by atoms with E-state index in [0.29, 0.717) is 6.42 Å². The third-order valence-corrected chi connectivity index (χ3v) is 3.71. The van der Waals surface area contributed by atoms with E-state index in [1.54, 1.807) is 6.33 Å². The lowest BCUT2D eigenvalue weighted by Crippen LogP contribution is -2.05. The molecule has 1 aliphatic carbocycles. The van der Waals surface area contributed by atoms with Gasteiger partial charge in [0, 0.05) is 12.1 Å². The predicted octanol–water partition coefficient (Wildman–Crippen LogP) is 2.68. The van der Waals surface area contributed by atoms with Crippen LogP contribution in [0, 0.1) is 5.82 Å². The van der Waals surface area contributed by atoms with Gasteiger partial charge in [0.15, 0.2) is 0 Å². The summed E-state index contributed by atoms with van der Waals surface area (Å²) in [6.07, 6.45) is 4.37. The second kappa shape index (κ2) is 4.21. The number of aromatic nitrogens is 2. The number of benzene rings is 1. The number of H-pyrrole nitrogens is 1. The van der Waals surface area contributed by atoms with Gasteiger partial charge in [0.2, 0.25) is 0 Å². The minimum absolute atomic E-state index is 0.0200. The summed E-state index contributed by atoms with van der Waals surface area (Å²) in [5.41, 5.74) is 3.54. The molecule has 2 N–H and O–H groups in total. The molecule has 1 heterocycles. The first kappa shape index (κ1) is 11.4. The maximum Gasteiger partial charge on any atom is 0.123 e. The van der Waals surface area contributed by atoms with Crippen molar-refractivity contribution < 1.29 is 9.50 Å². The highest BCUT2D eigenvalue weighted by Gasteiger charge is 2.27. The van der Waals surface area contributed by atoms with Crippen molar-refractivity contribution in [1.82, 2.24) is 9.97 Å². The van der Waals surface area contributed by atoms with E-state index in [2.05, 4.69) is 9.97 Å². The molecule has 94 valence electrons. The number of aryl methyl sites for hydroxylation is 1. The van der Waals surface area contributed by atoms with Gasteiger partial charge in [0.25, 0.3) is 0 Å². The summed E-state index contributed by atoms with van der Waals surface area (Å²) >= 11 is 0. The molecule has 3 nitrogen and oxygen atoms in total. The van der Waals surface area contributed by atoms with Crippen molar-refractivity contribution in [3.05, 3.63) is 52.9 Å². The Bertz CT molecular complexity index is 565. The van der Waals surface area contributed by atoms with Crippen LogP contribution in [-0.4, -0.2) is 15.1 Å². The van der Waals surface area contributed by atoms with Crippen LogP contribution in [0.25, 0.3) is 0 Å². The van der Waals surface area contributed by atoms with Crippen LogP contribution in [0.2, 0.25) is 0 Å². The van der Waals surface area contributed by atoms with Crippen LogP contribution < -0.4 is 0 Å². The average molecular weight is 246 g/mol. The van der Waals surface area contributed by atoms with Gasteiger partial charge in [-0.3, -0.25) is 0 Å². The van der Waals surface area contributed by atoms with Gasteiger partial charge < -0.3 is 10.1 Å². The summed E-state index contributed by atoms with van der Waals surface area (Å²) in [6, 6.07) is 3.05. The number of fused-ring (bicyclic) bond motifs is 1. The number of nitrogens with one attached hydrogen (secondary N) is 1. The maximum atomic E-state index is 13.6. The Kier molecular flexibility index (Phi) is 2.67. The zero-order valence-electron chi connectivity index (χ0n) is 10.2. The number of rotatable bonds is 2. The molecule has 2 unspecified atom stereocenters. The first-order chi connectivity index (χ1) is 8.66. The Morgan fingerprint density at radius 2 is 2.33 bits per heavy atom. The fraction of sp³-hybridized carbons (Fsp3) is 0.357. The van der Waals surface area contributed by atoms with Crippen molar-refractivity contribution in [3.8, 4) is 0 Å². The normalized spacial score (nSPS) is 19.8. The van der Waals surface area contributed by atoms with Crippen LogP contribution in [0.1, 0.15) is 47.8 Å². The average Bonchev–Trinajstić information content (AvgIpc) is 2.97. The van der Waals surface area contributed by atoms with Crippen molar-refractivity contribution in [1.29, 1.82) is 0 Å². The standard InChI is InChI=1S/C14H15FN2O/c1-8(12-6-16-7-17-12)11-5-10(15)4-9-2-3-13(18)14(9)11/h4-8,13,18H,2-3H2,1H3,(H,16,17). The smallest absolute Gasteiger partial charge is 0.123 e. The van der Waals surface area contributed by atoms with E-state index in [1.807, 2.05) is 13.1 Å². The van der Waals surface area contributed by atoms with Crippen molar-refractivity contribution in [3.63, 3.8) is 0 Å². The van der Waals surface area contributed by atoms with Crippen LogP contribution in [0.15, 0.2) is 24.7 Å². The van der Waals surface area contributed by atoms with Crippen molar-refractivity contribution in [2.75, 3.05) is 0 Å². The summed E-state index contributed by atoms with van der Waals surface area (Å²) in [6.45, 7) is 1.98. The van der Waals surface area contributed by atoms with Gasteiger partial charge in [-0.15, -0.1) is 0 Å². The Labute approximate surface area is 105 Å². The molecule has 0 aliphatic heterocycles. The maximum absolute atomic E-state index is 13.6. The van der Waals surface area contributed by atoms with E-state index in [1.165, 1.54) is 12.1 Å². The van der Waals surface area contributed by atoms with Gasteiger partial charge in [-0.05, 0) is 41.7 Å². The molecule has 2 atom stereocenters. The van der Waals surface area contributed by atoms with Crippen molar-refractivity contribution in [2.45, 2.75) is 31.8 Å². The monoisotopic (exact) mass is 246 g/mol. The largest absolute Gasteiger partial charge is 0.388 e. The number of halogens is 1. The zero-order valence-corrected chi connectivity index (χ0v) is 10.2. The summed E-state index contributed by atoms with van der Waals surface area (Å²) in [7, 11) is 0. The van der Waals surface area contributed by atoms with Gasteiger partial charge in [-0.25, -0.2) is 9.37 Å². The summed E-state index contributed by atoms with van der Waals surface area (Å²) in [5, 5.41) is 10.0. The highest BCUT2D eigenvalue weighted by atomic mass is 19.1. The Hall–Kier alpha value is -1.68. The van der Waals surface area contributed by atoms with Crippen LogP contribution in [0.5, 0.6) is 0 Å². The quantitative estimate of drug-likeness (QED) is 0.855. The molecule has 3 rings (SSSR count). The van der Waals surface area contributed by atoms with Gasteiger partial charge in [-0.2, -0.15) is 0 Å². The molecule has 0 radical (unpaired) electrons. The van der Waals surface area contributed by atoms with E-state index in [4.69, 9.17) is 0 Å². The lowest BCUT2D eigenvalue weighted by molar-refractivity contribution is 0.179. The molecule has 0 fully saturated rings. The van der Waals surface area contributed by atoms with Crippen LogP contribution in [0.3, 0.4) is 0 Å². The molecule has 0 saturated heterocycles. The topological polar surface area (TPSA) is 48.9 Å². The SMILES string of the molecule is CC(c1c[nH]cn1)c1cc(F)cc2c1C(O)CC2.